The molecule has 2 N–H and O–H groups in total. The van der Waals surface area contributed by atoms with Crippen LogP contribution < -0.4 is 5.32 Å². The van der Waals surface area contributed by atoms with E-state index in [0.717, 1.165) is 22.2 Å². The summed E-state index contributed by atoms with van der Waals surface area (Å²) in [6.45, 7) is 0. The SMILES string of the molecule is O=C1NC(=S)S/C1=C\c1cccc(-c2ccc3[nH]ccc3c2)c1. The molecular formula is C18H12N2OS2. The van der Waals surface area contributed by atoms with Crippen LogP contribution in [0.4, 0.5) is 0 Å². The van der Waals surface area contributed by atoms with Crippen LogP contribution in [0.25, 0.3) is 28.1 Å². The third kappa shape index (κ3) is 2.81. The number of fused-ring (bicyclic) bond motifs is 1. The van der Waals surface area contributed by atoms with Gasteiger partial charge < -0.3 is 10.3 Å². The van der Waals surface area contributed by atoms with Crippen molar-refractivity contribution in [3.05, 3.63) is 65.2 Å². The molecule has 1 aromatic heterocycles. The topological polar surface area (TPSA) is 44.9 Å². The normalized spacial score (nSPS) is 16.3. The number of hydrogen-bond donors (Lipinski definition) is 2. The molecular weight excluding hydrogens is 324 g/mol. The number of thiocarbonyl (C=S) groups is 1. The quantitative estimate of drug-likeness (QED) is 0.541. The molecule has 5 heteroatoms. The third-order valence-corrected chi connectivity index (χ3v) is 4.88. The van der Waals surface area contributed by atoms with Crippen molar-refractivity contribution < 1.29 is 4.79 Å². The molecule has 1 saturated heterocycles. The number of benzene rings is 2. The molecule has 3 nitrogen and oxygen atoms in total. The number of H-pyrrole nitrogens is 1. The number of hydrogen-bond acceptors (Lipinski definition) is 3. The average molecular weight is 336 g/mol. The molecule has 4 rings (SSSR count). The Labute approximate surface area is 142 Å². The van der Waals surface area contributed by atoms with Gasteiger partial charge in [-0.2, -0.15) is 0 Å². The van der Waals surface area contributed by atoms with Gasteiger partial charge in [0.15, 0.2) is 0 Å². The molecule has 2 heterocycles. The van der Waals surface area contributed by atoms with E-state index in [0.29, 0.717) is 9.23 Å². The van der Waals surface area contributed by atoms with E-state index in [1.54, 1.807) is 0 Å². The molecule has 0 radical (unpaired) electrons. The summed E-state index contributed by atoms with van der Waals surface area (Å²) >= 11 is 6.32. The number of carbonyl (C=O) groups excluding carboxylic acids is 1. The highest BCUT2D eigenvalue weighted by molar-refractivity contribution is 8.26. The van der Waals surface area contributed by atoms with E-state index in [1.807, 2.05) is 24.4 Å². The van der Waals surface area contributed by atoms with Gasteiger partial charge in [0.2, 0.25) is 0 Å². The van der Waals surface area contributed by atoms with Crippen molar-refractivity contribution in [3.8, 4) is 11.1 Å². The van der Waals surface area contributed by atoms with Crippen molar-refractivity contribution in [2.75, 3.05) is 0 Å². The fourth-order valence-corrected chi connectivity index (χ4v) is 3.66. The maximum atomic E-state index is 11.8. The standard InChI is InChI=1S/C18H12N2OS2/c21-17-16(23-18(22)20-17)9-11-2-1-3-12(8-11)13-4-5-15-14(10-13)6-7-19-15/h1-10,19H,(H,20,21,22)/b16-9-. The summed E-state index contributed by atoms with van der Waals surface area (Å²) in [5.41, 5.74) is 4.38. The Kier molecular flexibility index (Phi) is 3.52. The number of rotatable bonds is 2. The Morgan fingerprint density at radius 2 is 1.91 bits per heavy atom. The zero-order valence-electron chi connectivity index (χ0n) is 12.0. The summed E-state index contributed by atoms with van der Waals surface area (Å²) in [7, 11) is 0. The maximum Gasteiger partial charge on any atom is 0.263 e. The molecule has 2 aromatic carbocycles. The summed E-state index contributed by atoms with van der Waals surface area (Å²) < 4.78 is 0.510. The minimum atomic E-state index is -0.126. The van der Waals surface area contributed by atoms with Crippen molar-refractivity contribution in [1.29, 1.82) is 0 Å². The minimum Gasteiger partial charge on any atom is -0.361 e. The zero-order valence-corrected chi connectivity index (χ0v) is 13.6. The number of amides is 1. The van der Waals surface area contributed by atoms with Crippen LogP contribution in [0, 0.1) is 0 Å². The van der Waals surface area contributed by atoms with Gasteiger partial charge in [-0.05, 0) is 52.4 Å². The van der Waals surface area contributed by atoms with Crippen molar-refractivity contribution in [2.24, 2.45) is 0 Å². The van der Waals surface area contributed by atoms with Gasteiger partial charge in [0.1, 0.15) is 4.32 Å². The highest BCUT2D eigenvalue weighted by Gasteiger charge is 2.21. The highest BCUT2D eigenvalue weighted by atomic mass is 32.2. The lowest BCUT2D eigenvalue weighted by atomic mass is 10.0. The van der Waals surface area contributed by atoms with E-state index < -0.39 is 0 Å². The van der Waals surface area contributed by atoms with Crippen molar-refractivity contribution in [3.63, 3.8) is 0 Å². The summed E-state index contributed by atoms with van der Waals surface area (Å²) in [6, 6.07) is 16.5. The predicted octanol–water partition coefficient (Wildman–Crippen LogP) is 4.32. The van der Waals surface area contributed by atoms with Gasteiger partial charge in [0, 0.05) is 11.7 Å². The Morgan fingerprint density at radius 1 is 1.04 bits per heavy atom. The molecule has 0 spiro atoms. The molecule has 1 aliphatic rings. The Morgan fingerprint density at radius 3 is 2.74 bits per heavy atom. The van der Waals surface area contributed by atoms with Gasteiger partial charge in [-0.15, -0.1) is 0 Å². The minimum absolute atomic E-state index is 0.126. The zero-order chi connectivity index (χ0) is 15.8. The monoisotopic (exact) mass is 336 g/mol. The predicted molar refractivity (Wildman–Crippen MR) is 100 cm³/mol. The van der Waals surface area contributed by atoms with E-state index in [4.69, 9.17) is 12.2 Å². The van der Waals surface area contributed by atoms with Gasteiger partial charge in [-0.25, -0.2) is 0 Å². The largest absolute Gasteiger partial charge is 0.361 e. The Bertz CT molecular complexity index is 972. The van der Waals surface area contributed by atoms with Gasteiger partial charge in [0.05, 0.1) is 4.91 Å². The molecule has 1 aliphatic heterocycles. The average Bonchev–Trinajstić information content (AvgIpc) is 3.13. The van der Waals surface area contributed by atoms with Crippen LogP contribution in [0.3, 0.4) is 0 Å². The highest BCUT2D eigenvalue weighted by Crippen LogP contribution is 2.28. The van der Waals surface area contributed by atoms with Gasteiger partial charge in [-0.1, -0.05) is 48.2 Å². The van der Waals surface area contributed by atoms with E-state index >= 15 is 0 Å². The second-order valence-electron chi connectivity index (χ2n) is 5.26. The summed E-state index contributed by atoms with van der Waals surface area (Å²) in [6.07, 6.45) is 3.81. The van der Waals surface area contributed by atoms with E-state index in [-0.39, 0.29) is 5.91 Å². The Balaban J connectivity index is 1.72. The van der Waals surface area contributed by atoms with Crippen LogP contribution in [0.5, 0.6) is 0 Å². The molecule has 0 atom stereocenters. The second kappa shape index (κ2) is 5.68. The molecule has 0 unspecified atom stereocenters. The van der Waals surface area contributed by atoms with Crippen LogP contribution >= 0.6 is 24.0 Å². The van der Waals surface area contributed by atoms with Crippen LogP contribution in [-0.2, 0) is 4.79 Å². The molecule has 0 saturated carbocycles. The molecule has 3 aromatic rings. The number of thioether (sulfide) groups is 1. The van der Waals surface area contributed by atoms with Crippen LogP contribution in [-0.4, -0.2) is 15.2 Å². The third-order valence-electron chi connectivity index (χ3n) is 3.71. The number of carbonyl (C=O) groups is 1. The summed E-state index contributed by atoms with van der Waals surface area (Å²) in [4.78, 5) is 15.6. The number of aromatic amines is 1. The number of nitrogens with one attached hydrogen (secondary N) is 2. The van der Waals surface area contributed by atoms with Gasteiger partial charge in [0.25, 0.3) is 5.91 Å². The van der Waals surface area contributed by atoms with Gasteiger partial charge in [-0.3, -0.25) is 4.79 Å². The molecule has 0 bridgehead atoms. The molecule has 23 heavy (non-hydrogen) atoms. The van der Waals surface area contributed by atoms with E-state index in [9.17, 15) is 4.79 Å². The molecule has 1 fully saturated rings. The fraction of sp³-hybridized carbons (Fsp3) is 0. The van der Waals surface area contributed by atoms with Crippen molar-refractivity contribution >= 4 is 51.2 Å². The molecule has 112 valence electrons. The summed E-state index contributed by atoms with van der Waals surface area (Å²) in [5, 5.41) is 3.82. The second-order valence-corrected chi connectivity index (χ2v) is 6.98. The van der Waals surface area contributed by atoms with Crippen LogP contribution in [0.1, 0.15) is 5.56 Å². The lowest BCUT2D eigenvalue weighted by Gasteiger charge is -2.04. The first-order valence-corrected chi connectivity index (χ1v) is 8.34. The summed E-state index contributed by atoms with van der Waals surface area (Å²) in [5.74, 6) is -0.126. The van der Waals surface area contributed by atoms with Crippen LogP contribution in [0.2, 0.25) is 0 Å². The first-order chi connectivity index (χ1) is 11.2. The fourth-order valence-electron chi connectivity index (χ4n) is 2.61. The van der Waals surface area contributed by atoms with E-state index in [1.165, 1.54) is 17.1 Å². The first-order valence-electron chi connectivity index (χ1n) is 7.11. The van der Waals surface area contributed by atoms with Crippen LogP contribution in [0.15, 0.2) is 59.6 Å². The first kappa shape index (κ1) is 14.2. The van der Waals surface area contributed by atoms with Crippen molar-refractivity contribution in [2.45, 2.75) is 0 Å². The molecule has 0 aliphatic carbocycles. The lowest BCUT2D eigenvalue weighted by molar-refractivity contribution is -0.115. The van der Waals surface area contributed by atoms with Gasteiger partial charge >= 0.3 is 0 Å². The Hall–Kier alpha value is -2.37. The maximum absolute atomic E-state index is 11.8. The number of aromatic nitrogens is 1. The van der Waals surface area contributed by atoms with Crippen molar-refractivity contribution in [1.82, 2.24) is 10.3 Å². The smallest absolute Gasteiger partial charge is 0.263 e. The van der Waals surface area contributed by atoms with E-state index in [2.05, 4.69) is 46.7 Å². The molecule has 1 amide bonds. The lowest BCUT2D eigenvalue weighted by Crippen LogP contribution is -2.17.